The Labute approximate surface area is 164 Å². The number of nitrogens with zero attached hydrogens (tertiary/aromatic N) is 2. The summed E-state index contributed by atoms with van der Waals surface area (Å²) in [5.41, 5.74) is 2.20. The molecule has 0 radical (unpaired) electrons. The molecule has 1 aliphatic carbocycles. The molecule has 1 spiro atoms. The molecule has 5 rings (SSSR count). The molecular weight excluding hydrogens is 354 g/mol. The molecule has 1 saturated carbocycles. The minimum atomic E-state index is -0.593. The van der Waals surface area contributed by atoms with E-state index in [9.17, 15) is 9.59 Å². The summed E-state index contributed by atoms with van der Waals surface area (Å²) in [5, 5.41) is 4.02. The molecule has 6 heteroatoms. The van der Waals surface area contributed by atoms with E-state index in [-0.39, 0.29) is 18.3 Å². The number of amides is 1. The fourth-order valence-corrected chi connectivity index (χ4v) is 5.15. The predicted molar refractivity (Wildman–Crippen MR) is 107 cm³/mol. The second kappa shape index (κ2) is 6.76. The lowest BCUT2D eigenvalue weighted by Crippen LogP contribution is -2.39. The Balaban J connectivity index is 1.46. The average Bonchev–Trinajstić information content (AvgIpc) is 3.45. The Kier molecular flexibility index (Phi) is 4.22. The molecule has 146 valence electrons. The second-order valence-corrected chi connectivity index (χ2v) is 8.22. The molecule has 28 heavy (non-hydrogen) atoms. The largest absolute Gasteiger partial charge is 0.458 e. The van der Waals surface area contributed by atoms with E-state index in [2.05, 4.69) is 21.3 Å². The summed E-state index contributed by atoms with van der Waals surface area (Å²) in [6.07, 6.45) is 7.95. The number of rotatable bonds is 3. The first-order valence-electron chi connectivity index (χ1n) is 10.3. The maximum Gasteiger partial charge on any atom is 0.307 e. The van der Waals surface area contributed by atoms with E-state index in [0.29, 0.717) is 0 Å². The van der Waals surface area contributed by atoms with Crippen LogP contribution in [0.1, 0.15) is 44.9 Å². The normalized spacial score (nSPS) is 23.5. The van der Waals surface area contributed by atoms with E-state index in [1.807, 2.05) is 18.2 Å². The number of hydrogen-bond acceptors (Lipinski definition) is 5. The van der Waals surface area contributed by atoms with Crippen molar-refractivity contribution in [1.29, 1.82) is 0 Å². The standard InChI is InChI=1S/C22H25N3O3/c26-19-14-16(22(28-19)9-1-2-10-22)21(27)24-17-7-8-18(25-12-3-4-13-25)20-15(17)6-5-11-23-20/h5-8,11,16H,1-4,9-10,12-14H2,(H,24,27). The Hall–Kier alpha value is -2.63. The molecule has 2 aromatic rings. The highest BCUT2D eigenvalue weighted by Gasteiger charge is 2.54. The predicted octanol–water partition coefficient (Wildman–Crippen LogP) is 3.65. The number of anilines is 2. The van der Waals surface area contributed by atoms with Crippen LogP contribution in [0, 0.1) is 5.92 Å². The molecule has 3 aliphatic rings. The van der Waals surface area contributed by atoms with Crippen LogP contribution in [0.3, 0.4) is 0 Å². The minimum Gasteiger partial charge on any atom is -0.458 e. The summed E-state index contributed by atoms with van der Waals surface area (Å²) in [6, 6.07) is 7.91. The van der Waals surface area contributed by atoms with Gasteiger partial charge in [-0.05, 0) is 62.8 Å². The first-order chi connectivity index (χ1) is 13.7. The zero-order valence-electron chi connectivity index (χ0n) is 15.9. The fraction of sp³-hybridized carbons (Fsp3) is 0.500. The van der Waals surface area contributed by atoms with Gasteiger partial charge in [-0.3, -0.25) is 14.6 Å². The highest BCUT2D eigenvalue weighted by atomic mass is 16.6. The van der Waals surface area contributed by atoms with E-state index >= 15 is 0 Å². The van der Waals surface area contributed by atoms with Crippen LogP contribution in [0.25, 0.3) is 10.9 Å². The highest BCUT2D eigenvalue weighted by molar-refractivity contribution is 6.06. The van der Waals surface area contributed by atoms with Gasteiger partial charge in [0.2, 0.25) is 5.91 Å². The Morgan fingerprint density at radius 2 is 1.93 bits per heavy atom. The number of aromatic nitrogens is 1. The first-order valence-corrected chi connectivity index (χ1v) is 10.3. The first kappa shape index (κ1) is 17.5. The third kappa shape index (κ3) is 2.82. The van der Waals surface area contributed by atoms with Gasteiger partial charge < -0.3 is 15.0 Å². The number of hydrogen-bond donors (Lipinski definition) is 1. The number of pyridine rings is 1. The van der Waals surface area contributed by atoms with Crippen LogP contribution in [-0.2, 0) is 14.3 Å². The Morgan fingerprint density at radius 1 is 1.14 bits per heavy atom. The van der Waals surface area contributed by atoms with Gasteiger partial charge in [0.25, 0.3) is 0 Å². The number of benzene rings is 1. The van der Waals surface area contributed by atoms with Crippen LogP contribution < -0.4 is 10.2 Å². The highest BCUT2D eigenvalue weighted by Crippen LogP contribution is 2.46. The molecule has 0 bridgehead atoms. The summed E-state index contributed by atoms with van der Waals surface area (Å²) >= 11 is 0. The van der Waals surface area contributed by atoms with Crippen LogP contribution in [0.4, 0.5) is 11.4 Å². The van der Waals surface area contributed by atoms with Crippen LogP contribution in [0.5, 0.6) is 0 Å². The lowest BCUT2D eigenvalue weighted by molar-refractivity contribution is -0.149. The van der Waals surface area contributed by atoms with Crippen molar-refractivity contribution in [2.24, 2.45) is 5.92 Å². The average molecular weight is 379 g/mol. The molecule has 3 heterocycles. The van der Waals surface area contributed by atoms with Crippen LogP contribution >= 0.6 is 0 Å². The van der Waals surface area contributed by atoms with Gasteiger partial charge in [0.15, 0.2) is 0 Å². The molecule has 3 fully saturated rings. The quantitative estimate of drug-likeness (QED) is 0.824. The van der Waals surface area contributed by atoms with Crippen molar-refractivity contribution in [2.75, 3.05) is 23.3 Å². The van der Waals surface area contributed by atoms with E-state index in [4.69, 9.17) is 4.74 Å². The number of fused-ring (bicyclic) bond motifs is 1. The van der Waals surface area contributed by atoms with Gasteiger partial charge in [0.1, 0.15) is 5.60 Å². The van der Waals surface area contributed by atoms with Crippen LogP contribution in [0.2, 0.25) is 0 Å². The van der Waals surface area contributed by atoms with Gasteiger partial charge in [0, 0.05) is 24.7 Å². The van der Waals surface area contributed by atoms with E-state index in [1.54, 1.807) is 6.20 Å². The molecule has 1 unspecified atom stereocenters. The number of carbonyl (C=O) groups excluding carboxylic acids is 2. The van der Waals surface area contributed by atoms with E-state index in [0.717, 1.165) is 61.1 Å². The third-order valence-electron chi connectivity index (χ3n) is 6.54. The van der Waals surface area contributed by atoms with Crippen molar-refractivity contribution >= 4 is 34.2 Å². The van der Waals surface area contributed by atoms with Crippen molar-refractivity contribution < 1.29 is 14.3 Å². The van der Waals surface area contributed by atoms with Crippen molar-refractivity contribution in [3.05, 3.63) is 30.5 Å². The number of carbonyl (C=O) groups is 2. The lowest BCUT2D eigenvalue weighted by atomic mass is 9.85. The minimum absolute atomic E-state index is 0.119. The van der Waals surface area contributed by atoms with Gasteiger partial charge in [-0.25, -0.2) is 0 Å². The summed E-state index contributed by atoms with van der Waals surface area (Å²) in [6.45, 7) is 2.09. The van der Waals surface area contributed by atoms with Crippen molar-refractivity contribution in [3.63, 3.8) is 0 Å². The number of esters is 1. The Bertz CT molecular complexity index is 930. The summed E-state index contributed by atoms with van der Waals surface area (Å²) in [7, 11) is 0. The van der Waals surface area contributed by atoms with Crippen molar-refractivity contribution in [2.45, 2.75) is 50.5 Å². The molecule has 1 N–H and O–H groups in total. The maximum atomic E-state index is 13.1. The van der Waals surface area contributed by atoms with Gasteiger partial charge in [0.05, 0.1) is 29.2 Å². The summed E-state index contributed by atoms with van der Waals surface area (Å²) in [4.78, 5) is 32.1. The number of ether oxygens (including phenoxy) is 1. The number of nitrogens with one attached hydrogen (secondary N) is 1. The molecule has 1 amide bonds. The zero-order valence-corrected chi connectivity index (χ0v) is 15.9. The van der Waals surface area contributed by atoms with Crippen LogP contribution in [0.15, 0.2) is 30.5 Å². The summed E-state index contributed by atoms with van der Waals surface area (Å²) in [5.74, 6) is -0.780. The smallest absolute Gasteiger partial charge is 0.307 e. The third-order valence-corrected chi connectivity index (χ3v) is 6.54. The molecule has 6 nitrogen and oxygen atoms in total. The SMILES string of the molecule is O=C1CC(C(=O)Nc2ccc(N3CCCC3)c3ncccc23)C2(CCCC2)O1. The monoisotopic (exact) mass is 379 g/mol. The van der Waals surface area contributed by atoms with E-state index in [1.165, 1.54) is 12.8 Å². The van der Waals surface area contributed by atoms with E-state index < -0.39 is 11.5 Å². The molecule has 1 aromatic carbocycles. The topological polar surface area (TPSA) is 71.5 Å². The van der Waals surface area contributed by atoms with Gasteiger partial charge in [-0.2, -0.15) is 0 Å². The van der Waals surface area contributed by atoms with Gasteiger partial charge >= 0.3 is 5.97 Å². The maximum absolute atomic E-state index is 13.1. The molecule has 1 atom stereocenters. The van der Waals surface area contributed by atoms with Crippen LogP contribution in [-0.4, -0.2) is 35.6 Å². The zero-order chi connectivity index (χ0) is 19.1. The molecule has 2 aliphatic heterocycles. The van der Waals surface area contributed by atoms with Gasteiger partial charge in [-0.15, -0.1) is 0 Å². The molecular formula is C22H25N3O3. The van der Waals surface area contributed by atoms with Crippen molar-refractivity contribution in [3.8, 4) is 0 Å². The lowest BCUT2D eigenvalue weighted by Gasteiger charge is -2.28. The molecule has 2 saturated heterocycles. The van der Waals surface area contributed by atoms with Crippen molar-refractivity contribution in [1.82, 2.24) is 4.98 Å². The fourth-order valence-electron chi connectivity index (χ4n) is 5.15. The summed E-state index contributed by atoms with van der Waals surface area (Å²) < 4.78 is 5.64. The molecule has 1 aromatic heterocycles. The van der Waals surface area contributed by atoms with Gasteiger partial charge in [-0.1, -0.05) is 0 Å². The Morgan fingerprint density at radius 3 is 2.71 bits per heavy atom. The second-order valence-electron chi connectivity index (χ2n) is 8.22.